The second kappa shape index (κ2) is 8.28. The van der Waals surface area contributed by atoms with Gasteiger partial charge in [-0.25, -0.2) is 9.18 Å². The number of halogens is 1. The van der Waals surface area contributed by atoms with E-state index < -0.39 is 11.9 Å². The summed E-state index contributed by atoms with van der Waals surface area (Å²) in [5.74, 6) is -0.487. The van der Waals surface area contributed by atoms with Crippen molar-refractivity contribution >= 4 is 6.03 Å². The fourth-order valence-electron chi connectivity index (χ4n) is 2.20. The highest BCUT2D eigenvalue weighted by molar-refractivity contribution is 5.73. The predicted octanol–water partition coefficient (Wildman–Crippen LogP) is 1.52. The fourth-order valence-corrected chi connectivity index (χ4v) is 2.20. The van der Waals surface area contributed by atoms with Crippen LogP contribution in [-0.4, -0.2) is 34.0 Å². The van der Waals surface area contributed by atoms with Gasteiger partial charge in [0.15, 0.2) is 0 Å². The molecule has 0 saturated carbocycles. The first-order chi connectivity index (χ1) is 11.1. The van der Waals surface area contributed by atoms with Crippen molar-refractivity contribution in [1.29, 1.82) is 0 Å². The summed E-state index contributed by atoms with van der Waals surface area (Å²) >= 11 is 0. The van der Waals surface area contributed by atoms with Crippen molar-refractivity contribution in [2.75, 3.05) is 13.1 Å². The Balaban J connectivity index is 1.64. The molecule has 0 aliphatic carbocycles. The number of carbonyl (C=O) groups is 1. The number of hydrogen-bond donors (Lipinski definition) is 3. The molecule has 3 N–H and O–H groups in total. The number of urea groups is 1. The maximum absolute atomic E-state index is 13.5. The maximum atomic E-state index is 13.5. The summed E-state index contributed by atoms with van der Waals surface area (Å²) in [6, 6.07) is 5.57. The smallest absolute Gasteiger partial charge is 0.314 e. The number of hydrogen-bond acceptors (Lipinski definition) is 3. The highest BCUT2D eigenvalue weighted by Crippen LogP contribution is 2.15. The third-order valence-corrected chi connectivity index (χ3v) is 3.41. The minimum absolute atomic E-state index is 0.0463. The molecule has 1 unspecified atom stereocenters. The lowest BCUT2D eigenvalue weighted by atomic mass is 10.1. The van der Waals surface area contributed by atoms with Crippen LogP contribution in [0.2, 0.25) is 0 Å². The summed E-state index contributed by atoms with van der Waals surface area (Å²) in [5, 5.41) is 19.2. The van der Waals surface area contributed by atoms with E-state index in [4.69, 9.17) is 0 Å². The van der Waals surface area contributed by atoms with Crippen LogP contribution in [-0.2, 0) is 13.5 Å². The normalized spacial score (nSPS) is 12.0. The summed E-state index contributed by atoms with van der Waals surface area (Å²) in [7, 11) is 1.86. The van der Waals surface area contributed by atoms with E-state index in [0.717, 1.165) is 18.4 Å². The molecular formula is C16H21FN4O2. The number of rotatable bonds is 7. The second-order valence-corrected chi connectivity index (χ2v) is 5.30. The minimum atomic E-state index is -1.07. The molecule has 23 heavy (non-hydrogen) atoms. The van der Waals surface area contributed by atoms with Crippen molar-refractivity contribution in [2.24, 2.45) is 7.05 Å². The SMILES string of the molecule is Cn1cc(CCCNC(=O)NCC(O)c2ccccc2F)cn1. The van der Waals surface area contributed by atoms with Crippen LogP contribution in [0.25, 0.3) is 0 Å². The van der Waals surface area contributed by atoms with Crippen LogP contribution in [0.4, 0.5) is 9.18 Å². The number of nitrogens with zero attached hydrogens (tertiary/aromatic N) is 2. The van der Waals surface area contributed by atoms with Crippen molar-refractivity contribution < 1.29 is 14.3 Å². The van der Waals surface area contributed by atoms with Crippen LogP contribution >= 0.6 is 0 Å². The van der Waals surface area contributed by atoms with Gasteiger partial charge in [-0.1, -0.05) is 18.2 Å². The van der Waals surface area contributed by atoms with Crippen LogP contribution in [0, 0.1) is 5.82 Å². The Morgan fingerprint density at radius 1 is 1.39 bits per heavy atom. The Hall–Kier alpha value is -2.41. The summed E-state index contributed by atoms with van der Waals surface area (Å²) in [4.78, 5) is 11.6. The number of carbonyl (C=O) groups excluding carboxylic acids is 1. The molecule has 1 atom stereocenters. The third-order valence-electron chi connectivity index (χ3n) is 3.41. The molecule has 6 nitrogen and oxygen atoms in total. The first kappa shape index (κ1) is 17.0. The molecule has 0 aliphatic rings. The van der Waals surface area contributed by atoms with Crippen molar-refractivity contribution in [3.63, 3.8) is 0 Å². The number of amides is 2. The van der Waals surface area contributed by atoms with Crippen molar-refractivity contribution in [1.82, 2.24) is 20.4 Å². The van der Waals surface area contributed by atoms with Crippen molar-refractivity contribution in [2.45, 2.75) is 18.9 Å². The lowest BCUT2D eigenvalue weighted by Crippen LogP contribution is -2.38. The zero-order valence-corrected chi connectivity index (χ0v) is 13.0. The number of aliphatic hydroxyl groups excluding tert-OH is 1. The quantitative estimate of drug-likeness (QED) is 0.677. The molecule has 124 valence electrons. The lowest BCUT2D eigenvalue weighted by Gasteiger charge is -2.13. The van der Waals surface area contributed by atoms with Crippen LogP contribution < -0.4 is 10.6 Å². The summed E-state index contributed by atoms with van der Waals surface area (Å²) in [6.45, 7) is 0.464. The van der Waals surface area contributed by atoms with Gasteiger partial charge in [0, 0.05) is 31.9 Å². The van der Waals surface area contributed by atoms with Gasteiger partial charge in [0.05, 0.1) is 12.3 Å². The Morgan fingerprint density at radius 2 is 2.17 bits per heavy atom. The largest absolute Gasteiger partial charge is 0.386 e. The molecule has 2 aromatic rings. The Morgan fingerprint density at radius 3 is 2.87 bits per heavy atom. The minimum Gasteiger partial charge on any atom is -0.386 e. The first-order valence-corrected chi connectivity index (χ1v) is 7.48. The van der Waals surface area contributed by atoms with Crippen LogP contribution in [0.15, 0.2) is 36.7 Å². The Labute approximate surface area is 134 Å². The van der Waals surface area contributed by atoms with Crippen LogP contribution in [0.3, 0.4) is 0 Å². The van der Waals surface area contributed by atoms with Gasteiger partial charge in [-0.05, 0) is 24.5 Å². The molecule has 0 fully saturated rings. The third kappa shape index (κ3) is 5.37. The van der Waals surface area contributed by atoms with E-state index in [1.807, 2.05) is 13.2 Å². The average Bonchev–Trinajstić information content (AvgIpc) is 2.95. The van der Waals surface area contributed by atoms with Gasteiger partial charge >= 0.3 is 6.03 Å². The lowest BCUT2D eigenvalue weighted by molar-refractivity contribution is 0.169. The predicted molar refractivity (Wildman–Crippen MR) is 84.3 cm³/mol. The van der Waals surface area contributed by atoms with Gasteiger partial charge in [0.2, 0.25) is 0 Å². The van der Waals surface area contributed by atoms with Crippen LogP contribution in [0.1, 0.15) is 23.7 Å². The van der Waals surface area contributed by atoms with E-state index in [9.17, 15) is 14.3 Å². The summed E-state index contributed by atoms with van der Waals surface area (Å²) in [5.41, 5.74) is 1.29. The molecule has 7 heteroatoms. The molecule has 2 amide bonds. The van der Waals surface area contributed by atoms with Gasteiger partial charge in [0.1, 0.15) is 5.82 Å². The highest BCUT2D eigenvalue weighted by atomic mass is 19.1. The Kier molecular flexibility index (Phi) is 6.10. The average molecular weight is 320 g/mol. The highest BCUT2D eigenvalue weighted by Gasteiger charge is 2.12. The monoisotopic (exact) mass is 320 g/mol. The summed E-state index contributed by atoms with van der Waals surface area (Å²) in [6.07, 6.45) is 4.27. The topological polar surface area (TPSA) is 79.2 Å². The molecule has 1 aromatic carbocycles. The van der Waals surface area contributed by atoms with Gasteiger partial charge < -0.3 is 15.7 Å². The van der Waals surface area contributed by atoms with E-state index in [1.165, 1.54) is 12.1 Å². The van der Waals surface area contributed by atoms with Crippen molar-refractivity contribution in [3.05, 3.63) is 53.6 Å². The summed E-state index contributed by atoms with van der Waals surface area (Å²) < 4.78 is 15.2. The standard InChI is InChI=1S/C16H21FN4O2/c1-21-11-12(9-20-21)5-4-8-18-16(23)19-10-15(22)13-6-2-3-7-14(13)17/h2-3,6-7,9,11,15,22H,4-5,8,10H2,1H3,(H2,18,19,23). The fraction of sp³-hybridized carbons (Fsp3) is 0.375. The maximum Gasteiger partial charge on any atom is 0.314 e. The molecule has 2 rings (SSSR count). The van der Waals surface area contributed by atoms with Gasteiger partial charge in [-0.2, -0.15) is 5.10 Å². The van der Waals surface area contributed by atoms with Gasteiger partial charge in [-0.3, -0.25) is 4.68 Å². The molecule has 0 aliphatic heterocycles. The molecule has 0 saturated heterocycles. The first-order valence-electron chi connectivity index (χ1n) is 7.48. The van der Waals surface area contributed by atoms with Crippen molar-refractivity contribution in [3.8, 4) is 0 Å². The number of aliphatic hydroxyl groups is 1. The van der Waals surface area contributed by atoms with E-state index in [1.54, 1.807) is 23.0 Å². The Bertz CT molecular complexity index is 645. The van der Waals surface area contributed by atoms with E-state index in [0.29, 0.717) is 6.54 Å². The second-order valence-electron chi connectivity index (χ2n) is 5.30. The molecular weight excluding hydrogens is 299 g/mol. The molecule has 0 radical (unpaired) electrons. The zero-order chi connectivity index (χ0) is 16.7. The van der Waals surface area contributed by atoms with Gasteiger partial charge in [-0.15, -0.1) is 0 Å². The van der Waals surface area contributed by atoms with E-state index in [-0.39, 0.29) is 18.1 Å². The van der Waals surface area contributed by atoms with Gasteiger partial charge in [0.25, 0.3) is 0 Å². The molecule has 0 spiro atoms. The van der Waals surface area contributed by atoms with E-state index in [2.05, 4.69) is 15.7 Å². The van der Waals surface area contributed by atoms with Crippen LogP contribution in [0.5, 0.6) is 0 Å². The number of aromatic nitrogens is 2. The molecule has 0 bridgehead atoms. The van der Waals surface area contributed by atoms with E-state index >= 15 is 0 Å². The number of nitrogens with one attached hydrogen (secondary N) is 2. The number of benzene rings is 1. The molecule has 1 aromatic heterocycles. The number of aryl methyl sites for hydroxylation is 2. The molecule has 1 heterocycles. The zero-order valence-electron chi connectivity index (χ0n) is 13.0.